The molecule has 3 fully saturated rings. The summed E-state index contributed by atoms with van der Waals surface area (Å²) in [5, 5.41) is 17.0. The number of anilines is 1. The number of carbonyl (C=O) groups is 3. The minimum absolute atomic E-state index is 0.161. The first-order valence-corrected chi connectivity index (χ1v) is 15.2. The zero-order chi connectivity index (χ0) is 28.8. The van der Waals surface area contributed by atoms with E-state index in [0.29, 0.717) is 30.1 Å². The molecule has 0 radical (unpaired) electrons. The molecule has 0 aliphatic carbocycles. The highest BCUT2D eigenvalue weighted by molar-refractivity contribution is 8.02. The van der Waals surface area contributed by atoms with Crippen LogP contribution in [-0.4, -0.2) is 55.9 Å². The molecular formula is C31H38ClN3O4S. The fraction of sp³-hybridized carbons (Fsp3) is 0.516. The number of hydrogen-bond acceptors (Lipinski definition) is 5. The van der Waals surface area contributed by atoms with Crippen molar-refractivity contribution in [3.63, 3.8) is 0 Å². The van der Waals surface area contributed by atoms with Crippen molar-refractivity contribution in [1.29, 1.82) is 0 Å². The maximum atomic E-state index is 14.4. The molecule has 6 atom stereocenters. The van der Waals surface area contributed by atoms with Crippen LogP contribution < -0.4 is 10.6 Å². The molecule has 1 spiro atoms. The number of halogens is 1. The lowest BCUT2D eigenvalue weighted by Crippen LogP contribution is -2.55. The molecule has 0 saturated carbocycles. The summed E-state index contributed by atoms with van der Waals surface area (Å²) in [6, 6.07) is 13.7. The topological polar surface area (TPSA) is 98.7 Å². The molecular weight excluding hydrogens is 546 g/mol. The largest absolute Gasteiger partial charge is 0.394 e. The number of hydrogen-bond donors (Lipinski definition) is 3. The summed E-state index contributed by atoms with van der Waals surface area (Å²) in [6.45, 7) is 8.11. The standard InChI is InChI=1S/C31H38ClN3O4S/c1-18(2)15-21(17-36)35-26(28(38)34-25-19(3)9-8-12-22(25)32)31-14-13-30(4,40-31)23(24(31)29(35)39)27(37)33-16-20-10-6-5-7-11-20/h5-12,18,21,23-24,26,36H,13-17H2,1-4H3,(H,33,37)(H,34,38)/t21-,23+,24+,26?,30-,31?/m1/s1. The first-order valence-electron chi connectivity index (χ1n) is 14.0. The molecule has 9 heteroatoms. The zero-order valence-electron chi connectivity index (χ0n) is 23.4. The smallest absolute Gasteiger partial charge is 0.248 e. The number of rotatable bonds is 9. The van der Waals surface area contributed by atoms with E-state index in [9.17, 15) is 19.5 Å². The monoisotopic (exact) mass is 583 g/mol. The van der Waals surface area contributed by atoms with E-state index in [1.807, 2.05) is 63.2 Å². The molecule has 2 bridgehead atoms. The van der Waals surface area contributed by atoms with Crippen LogP contribution >= 0.6 is 23.4 Å². The van der Waals surface area contributed by atoms with Crippen molar-refractivity contribution in [3.05, 3.63) is 64.7 Å². The van der Waals surface area contributed by atoms with Gasteiger partial charge < -0.3 is 20.6 Å². The van der Waals surface area contributed by atoms with Gasteiger partial charge in [0.1, 0.15) is 6.04 Å². The van der Waals surface area contributed by atoms with Gasteiger partial charge in [-0.3, -0.25) is 14.4 Å². The van der Waals surface area contributed by atoms with Crippen molar-refractivity contribution in [3.8, 4) is 0 Å². The summed E-state index contributed by atoms with van der Waals surface area (Å²) in [4.78, 5) is 44.1. The van der Waals surface area contributed by atoms with Crippen molar-refractivity contribution in [2.24, 2.45) is 17.8 Å². The lowest BCUT2D eigenvalue weighted by atomic mass is 9.66. The normalized spacial score (nSPS) is 29.5. The summed E-state index contributed by atoms with van der Waals surface area (Å²) in [5.74, 6) is -1.74. The molecule has 3 saturated heterocycles. The Hall–Kier alpha value is -2.55. The second-order valence-electron chi connectivity index (χ2n) is 12.1. The Kier molecular flexibility index (Phi) is 7.98. The van der Waals surface area contributed by atoms with Gasteiger partial charge in [-0.1, -0.05) is 67.9 Å². The molecule has 3 heterocycles. The summed E-state index contributed by atoms with van der Waals surface area (Å²) < 4.78 is -1.25. The van der Waals surface area contributed by atoms with Crippen LogP contribution in [0.2, 0.25) is 5.02 Å². The molecule has 2 aromatic carbocycles. The number of carbonyl (C=O) groups excluding carboxylic acids is 3. The lowest BCUT2D eigenvalue weighted by molar-refractivity contribution is -0.143. The highest BCUT2D eigenvalue weighted by atomic mass is 35.5. The van der Waals surface area contributed by atoms with Gasteiger partial charge in [-0.2, -0.15) is 0 Å². The highest BCUT2D eigenvalue weighted by Gasteiger charge is 2.77. The molecule has 2 aromatic rings. The number of aryl methyl sites for hydroxylation is 1. The molecule has 2 unspecified atom stereocenters. The van der Waals surface area contributed by atoms with E-state index in [2.05, 4.69) is 17.6 Å². The first-order chi connectivity index (χ1) is 19.0. The molecule has 7 nitrogen and oxygen atoms in total. The van der Waals surface area contributed by atoms with Crippen LogP contribution in [0.4, 0.5) is 5.69 Å². The van der Waals surface area contributed by atoms with E-state index >= 15 is 0 Å². The number of amides is 3. The number of aliphatic hydroxyl groups excluding tert-OH is 1. The van der Waals surface area contributed by atoms with Crippen LogP contribution in [0, 0.1) is 24.7 Å². The fourth-order valence-corrected chi connectivity index (χ4v) is 9.77. The van der Waals surface area contributed by atoms with Gasteiger partial charge in [-0.25, -0.2) is 0 Å². The molecule has 3 N–H and O–H groups in total. The van der Waals surface area contributed by atoms with Crippen molar-refractivity contribution >= 4 is 46.8 Å². The second kappa shape index (κ2) is 11.0. The highest BCUT2D eigenvalue weighted by Crippen LogP contribution is 2.71. The minimum atomic E-state index is -0.838. The third-order valence-corrected chi connectivity index (χ3v) is 11.2. The van der Waals surface area contributed by atoms with Crippen LogP contribution in [0.1, 0.15) is 51.2 Å². The number of thioether (sulfide) groups is 1. The van der Waals surface area contributed by atoms with Gasteiger partial charge >= 0.3 is 0 Å². The Morgan fingerprint density at radius 1 is 1.12 bits per heavy atom. The van der Waals surface area contributed by atoms with Crippen molar-refractivity contribution in [2.45, 2.75) is 75.1 Å². The van der Waals surface area contributed by atoms with E-state index in [4.69, 9.17) is 11.6 Å². The number of nitrogens with one attached hydrogen (secondary N) is 2. The fourth-order valence-electron chi connectivity index (χ4n) is 7.15. The van der Waals surface area contributed by atoms with Gasteiger partial charge in [0.05, 0.1) is 39.9 Å². The number of likely N-dealkylation sites (tertiary alicyclic amines) is 1. The van der Waals surface area contributed by atoms with Gasteiger partial charge in [-0.15, -0.1) is 11.8 Å². The Labute approximate surface area is 245 Å². The number of fused-ring (bicyclic) bond motifs is 1. The third-order valence-electron chi connectivity index (χ3n) is 8.87. The summed E-state index contributed by atoms with van der Waals surface area (Å²) >= 11 is 8.09. The van der Waals surface area contributed by atoms with Gasteiger partial charge in [0, 0.05) is 11.3 Å². The molecule has 40 heavy (non-hydrogen) atoms. The van der Waals surface area contributed by atoms with Crippen LogP contribution in [0.25, 0.3) is 0 Å². The van der Waals surface area contributed by atoms with Crippen LogP contribution in [0.3, 0.4) is 0 Å². The van der Waals surface area contributed by atoms with Gasteiger partial charge in [0.15, 0.2) is 0 Å². The van der Waals surface area contributed by atoms with Crippen molar-refractivity contribution in [2.75, 3.05) is 11.9 Å². The van der Waals surface area contributed by atoms with Crippen molar-refractivity contribution < 1.29 is 19.5 Å². The van der Waals surface area contributed by atoms with E-state index in [1.165, 1.54) is 0 Å². The SMILES string of the molecule is Cc1cccc(Cl)c1NC(=O)C1N([C@@H](CO)CC(C)C)C(=O)[C@@H]2[C@@H](C(=O)NCc3ccccc3)[C@@]3(C)CCC12S3. The molecule has 3 aliphatic heterocycles. The zero-order valence-corrected chi connectivity index (χ0v) is 25.0. The Morgan fingerprint density at radius 2 is 1.85 bits per heavy atom. The third kappa shape index (κ3) is 4.82. The van der Waals surface area contributed by atoms with E-state index < -0.39 is 33.4 Å². The number of aliphatic hydroxyl groups is 1. The van der Waals surface area contributed by atoms with Crippen LogP contribution in [0.5, 0.6) is 0 Å². The Balaban J connectivity index is 1.52. The Morgan fingerprint density at radius 3 is 2.50 bits per heavy atom. The number of nitrogens with zero attached hydrogens (tertiary/aromatic N) is 1. The summed E-state index contributed by atoms with van der Waals surface area (Å²) in [6.07, 6.45) is 1.91. The second-order valence-corrected chi connectivity index (χ2v) is 14.4. The van der Waals surface area contributed by atoms with E-state index in [0.717, 1.165) is 17.5 Å². The number of benzene rings is 2. The van der Waals surface area contributed by atoms with Gasteiger partial charge in [0.2, 0.25) is 17.7 Å². The molecule has 214 valence electrons. The molecule has 3 aliphatic rings. The average Bonchev–Trinajstić information content (AvgIpc) is 3.49. The first kappa shape index (κ1) is 29.0. The summed E-state index contributed by atoms with van der Waals surface area (Å²) in [5.41, 5.74) is 2.32. The average molecular weight is 584 g/mol. The predicted octanol–water partition coefficient (Wildman–Crippen LogP) is 4.79. The molecule has 5 rings (SSSR count). The van der Waals surface area contributed by atoms with Crippen LogP contribution in [-0.2, 0) is 20.9 Å². The quantitative estimate of drug-likeness (QED) is 0.394. The maximum absolute atomic E-state index is 14.4. The molecule has 3 amide bonds. The predicted molar refractivity (Wildman–Crippen MR) is 159 cm³/mol. The van der Waals surface area contributed by atoms with Gasteiger partial charge in [0.25, 0.3) is 0 Å². The summed E-state index contributed by atoms with van der Waals surface area (Å²) in [7, 11) is 0. The van der Waals surface area contributed by atoms with Gasteiger partial charge in [-0.05, 0) is 56.2 Å². The lowest BCUT2D eigenvalue weighted by Gasteiger charge is -2.37. The Bertz CT molecular complexity index is 1290. The van der Waals surface area contributed by atoms with E-state index in [1.54, 1.807) is 22.7 Å². The van der Waals surface area contributed by atoms with Crippen LogP contribution in [0.15, 0.2) is 48.5 Å². The van der Waals surface area contributed by atoms with Crippen molar-refractivity contribution in [1.82, 2.24) is 10.2 Å². The maximum Gasteiger partial charge on any atom is 0.248 e. The number of para-hydroxylation sites is 1. The minimum Gasteiger partial charge on any atom is -0.394 e. The molecule has 0 aromatic heterocycles. The van der Waals surface area contributed by atoms with E-state index in [-0.39, 0.29) is 30.2 Å².